The average Bonchev–Trinajstić information content (AvgIpc) is 2.38. The van der Waals surface area contributed by atoms with Crippen molar-refractivity contribution in [3.05, 3.63) is 35.4 Å². The zero-order valence-electron chi connectivity index (χ0n) is 9.71. The predicted octanol–water partition coefficient (Wildman–Crippen LogP) is 4.40. The Kier molecular flexibility index (Phi) is 4.53. The fourth-order valence-electron chi connectivity index (χ4n) is 2.13. The first-order valence-electron chi connectivity index (χ1n) is 5.85. The van der Waals surface area contributed by atoms with E-state index in [9.17, 15) is 13.2 Å². The van der Waals surface area contributed by atoms with E-state index in [0.717, 1.165) is 35.0 Å². The molecule has 2 unspecified atom stereocenters. The summed E-state index contributed by atoms with van der Waals surface area (Å²) in [6, 6.07) is 5.45. The molecule has 1 aliphatic rings. The average molecular weight is 370 g/mol. The molecule has 1 aliphatic heterocycles. The molecule has 0 spiro atoms. The van der Waals surface area contributed by atoms with Crippen LogP contribution >= 0.6 is 22.6 Å². The molecule has 0 aromatic heterocycles. The molecule has 0 amide bonds. The van der Waals surface area contributed by atoms with Gasteiger partial charge in [0.2, 0.25) is 0 Å². The Morgan fingerprint density at radius 2 is 1.83 bits per heavy atom. The molecular formula is C13H14F3IO. The lowest BCUT2D eigenvalue weighted by atomic mass is 9.91. The summed E-state index contributed by atoms with van der Waals surface area (Å²) in [5.74, 6) is 0.228. The zero-order valence-corrected chi connectivity index (χ0v) is 11.9. The Morgan fingerprint density at radius 3 is 2.28 bits per heavy atom. The molecule has 0 aliphatic carbocycles. The first-order valence-corrected chi connectivity index (χ1v) is 7.38. The minimum atomic E-state index is -4.26. The van der Waals surface area contributed by atoms with E-state index in [2.05, 4.69) is 22.6 Å². The van der Waals surface area contributed by atoms with Crippen molar-refractivity contribution in [1.82, 2.24) is 0 Å². The lowest BCUT2D eigenvalue weighted by Gasteiger charge is -2.28. The molecule has 1 nitrogen and oxygen atoms in total. The van der Waals surface area contributed by atoms with Gasteiger partial charge in [-0.1, -0.05) is 34.7 Å². The molecule has 1 aromatic rings. The van der Waals surface area contributed by atoms with Crippen LogP contribution in [0.15, 0.2) is 24.3 Å². The van der Waals surface area contributed by atoms with E-state index in [1.54, 1.807) is 12.1 Å². The standard InChI is InChI=1S/C13H14F3IO/c14-13(15,16)11-4-1-9(2-5-11)10-3-6-12(7-17)18-8-10/h1-2,4-5,10,12H,3,6-8H2. The summed E-state index contributed by atoms with van der Waals surface area (Å²) >= 11 is 2.29. The number of hydrogen-bond donors (Lipinski definition) is 0. The van der Waals surface area contributed by atoms with Crippen LogP contribution in [0.5, 0.6) is 0 Å². The second-order valence-electron chi connectivity index (χ2n) is 4.50. The first kappa shape index (κ1) is 14.1. The van der Waals surface area contributed by atoms with Crippen LogP contribution in [0.1, 0.15) is 29.9 Å². The smallest absolute Gasteiger partial charge is 0.377 e. The normalized spacial score (nSPS) is 25.1. The Bertz CT molecular complexity index is 380. The van der Waals surface area contributed by atoms with E-state index >= 15 is 0 Å². The Labute approximate surface area is 118 Å². The topological polar surface area (TPSA) is 9.23 Å². The summed E-state index contributed by atoms with van der Waals surface area (Å²) < 4.78 is 43.9. The Balaban J connectivity index is 2.02. The Morgan fingerprint density at radius 1 is 1.17 bits per heavy atom. The summed E-state index contributed by atoms with van der Waals surface area (Å²) in [5, 5.41) is 0. The van der Waals surface area contributed by atoms with Crippen LogP contribution in [0.3, 0.4) is 0 Å². The third kappa shape index (κ3) is 3.38. The summed E-state index contributed by atoms with van der Waals surface area (Å²) in [6.45, 7) is 0.610. The van der Waals surface area contributed by atoms with E-state index in [4.69, 9.17) is 4.74 Å². The molecule has 2 atom stereocenters. The highest BCUT2D eigenvalue weighted by molar-refractivity contribution is 14.1. The fourth-order valence-corrected chi connectivity index (χ4v) is 2.83. The van der Waals surface area contributed by atoms with Gasteiger partial charge in [-0.3, -0.25) is 0 Å². The van der Waals surface area contributed by atoms with Gasteiger partial charge in [0.25, 0.3) is 0 Å². The molecule has 2 rings (SSSR count). The minimum absolute atomic E-state index is 0.228. The lowest BCUT2D eigenvalue weighted by Crippen LogP contribution is -2.25. The van der Waals surface area contributed by atoms with Crippen molar-refractivity contribution in [3.8, 4) is 0 Å². The highest BCUT2D eigenvalue weighted by atomic mass is 127. The highest BCUT2D eigenvalue weighted by Crippen LogP contribution is 2.32. The van der Waals surface area contributed by atoms with Crippen LogP contribution < -0.4 is 0 Å². The molecular weight excluding hydrogens is 356 g/mol. The predicted molar refractivity (Wildman–Crippen MR) is 72.0 cm³/mol. The number of ether oxygens (including phenoxy) is 1. The molecule has 18 heavy (non-hydrogen) atoms. The maximum Gasteiger partial charge on any atom is 0.416 e. The van der Waals surface area contributed by atoms with Crippen molar-refractivity contribution >= 4 is 22.6 Å². The largest absolute Gasteiger partial charge is 0.416 e. The van der Waals surface area contributed by atoms with Crippen molar-refractivity contribution in [2.45, 2.75) is 31.0 Å². The Hall–Kier alpha value is -0.300. The molecule has 0 saturated carbocycles. The number of halogens is 4. The maximum absolute atomic E-state index is 12.4. The van der Waals surface area contributed by atoms with Crippen molar-refractivity contribution < 1.29 is 17.9 Å². The third-order valence-electron chi connectivity index (χ3n) is 3.25. The summed E-state index contributed by atoms with van der Waals surface area (Å²) in [5.41, 5.74) is 0.350. The fraction of sp³-hybridized carbons (Fsp3) is 0.538. The van der Waals surface area contributed by atoms with Crippen LogP contribution in [-0.2, 0) is 10.9 Å². The van der Waals surface area contributed by atoms with Crippen molar-refractivity contribution in [2.75, 3.05) is 11.0 Å². The van der Waals surface area contributed by atoms with Gasteiger partial charge in [-0.05, 0) is 30.5 Å². The molecule has 1 saturated heterocycles. The molecule has 0 radical (unpaired) electrons. The molecule has 0 bridgehead atoms. The maximum atomic E-state index is 12.4. The van der Waals surface area contributed by atoms with Crippen LogP contribution in [0.25, 0.3) is 0 Å². The lowest BCUT2D eigenvalue weighted by molar-refractivity contribution is -0.137. The second kappa shape index (κ2) is 5.77. The molecule has 1 aromatic carbocycles. The van der Waals surface area contributed by atoms with Crippen molar-refractivity contribution in [1.29, 1.82) is 0 Å². The van der Waals surface area contributed by atoms with Crippen LogP contribution in [0.4, 0.5) is 13.2 Å². The number of hydrogen-bond acceptors (Lipinski definition) is 1. The van der Waals surface area contributed by atoms with Gasteiger partial charge in [0.1, 0.15) is 0 Å². The second-order valence-corrected chi connectivity index (χ2v) is 5.38. The van der Waals surface area contributed by atoms with E-state index in [1.807, 2.05) is 0 Å². The van der Waals surface area contributed by atoms with Gasteiger partial charge in [-0.25, -0.2) is 0 Å². The highest BCUT2D eigenvalue weighted by Gasteiger charge is 2.30. The van der Waals surface area contributed by atoms with Crippen LogP contribution in [0, 0.1) is 0 Å². The summed E-state index contributed by atoms with van der Waals surface area (Å²) in [6.07, 6.45) is -1.99. The van der Waals surface area contributed by atoms with Crippen molar-refractivity contribution in [3.63, 3.8) is 0 Å². The van der Waals surface area contributed by atoms with Gasteiger partial charge in [-0.2, -0.15) is 13.2 Å². The first-order chi connectivity index (χ1) is 8.50. The number of alkyl halides is 4. The van der Waals surface area contributed by atoms with Gasteiger partial charge < -0.3 is 4.74 Å². The summed E-state index contributed by atoms with van der Waals surface area (Å²) in [7, 11) is 0. The molecule has 1 heterocycles. The van der Waals surface area contributed by atoms with Gasteiger partial charge in [0.15, 0.2) is 0 Å². The third-order valence-corrected chi connectivity index (χ3v) is 4.23. The molecule has 5 heteroatoms. The van der Waals surface area contributed by atoms with Gasteiger partial charge in [0, 0.05) is 10.3 Å². The SMILES string of the molecule is FC(F)(F)c1ccc(C2CCC(CI)OC2)cc1. The van der Waals surface area contributed by atoms with E-state index in [1.165, 1.54) is 0 Å². The molecule has 1 fully saturated rings. The quantitative estimate of drug-likeness (QED) is 0.554. The van der Waals surface area contributed by atoms with Gasteiger partial charge in [0.05, 0.1) is 18.3 Å². The van der Waals surface area contributed by atoms with E-state index in [0.29, 0.717) is 12.7 Å². The monoisotopic (exact) mass is 370 g/mol. The number of benzene rings is 1. The van der Waals surface area contributed by atoms with Crippen molar-refractivity contribution in [2.24, 2.45) is 0 Å². The van der Waals surface area contributed by atoms with Gasteiger partial charge >= 0.3 is 6.18 Å². The van der Waals surface area contributed by atoms with Crippen LogP contribution in [0.2, 0.25) is 0 Å². The summed E-state index contributed by atoms with van der Waals surface area (Å²) in [4.78, 5) is 0. The van der Waals surface area contributed by atoms with Crippen LogP contribution in [-0.4, -0.2) is 17.1 Å². The number of rotatable bonds is 2. The van der Waals surface area contributed by atoms with E-state index < -0.39 is 11.7 Å². The zero-order chi connectivity index (χ0) is 13.2. The molecule has 0 N–H and O–H groups in total. The minimum Gasteiger partial charge on any atom is -0.377 e. The van der Waals surface area contributed by atoms with Gasteiger partial charge in [-0.15, -0.1) is 0 Å². The van der Waals surface area contributed by atoms with E-state index in [-0.39, 0.29) is 5.92 Å². The molecule has 100 valence electrons.